The molecule has 0 bridgehead atoms. The topological polar surface area (TPSA) is 70.1 Å². The molecular weight excluding hydrogens is 495 g/mol. The van der Waals surface area contributed by atoms with Crippen molar-refractivity contribution in [3.63, 3.8) is 0 Å². The van der Waals surface area contributed by atoms with Crippen molar-refractivity contribution in [3.05, 3.63) is 89.2 Å². The zero-order valence-electron chi connectivity index (χ0n) is 22.1. The second-order valence-corrected chi connectivity index (χ2v) is 10.2. The van der Waals surface area contributed by atoms with E-state index in [4.69, 9.17) is 4.74 Å². The average Bonchev–Trinajstić information content (AvgIpc) is 3.27. The average molecular weight is 527 g/mol. The fourth-order valence-corrected chi connectivity index (χ4v) is 5.82. The molecule has 3 aromatic rings. The number of benzene rings is 3. The molecule has 2 aliphatic heterocycles. The van der Waals surface area contributed by atoms with Gasteiger partial charge in [-0.05, 0) is 67.3 Å². The van der Waals surface area contributed by atoms with Gasteiger partial charge in [0.25, 0.3) is 5.91 Å². The molecule has 1 fully saturated rings. The molecule has 200 valence electrons. The normalized spacial score (nSPS) is 16.3. The van der Waals surface area contributed by atoms with Crippen molar-refractivity contribution < 1.29 is 23.8 Å². The quantitative estimate of drug-likeness (QED) is 0.461. The number of anilines is 1. The van der Waals surface area contributed by atoms with Crippen LogP contribution in [-0.2, 0) is 10.2 Å². The van der Waals surface area contributed by atoms with Crippen LogP contribution in [0.1, 0.15) is 53.6 Å². The highest BCUT2D eigenvalue weighted by atomic mass is 19.1. The van der Waals surface area contributed by atoms with Crippen LogP contribution in [0, 0.1) is 17.7 Å². The zero-order chi connectivity index (χ0) is 27.6. The molecule has 6 nitrogen and oxygen atoms in total. The number of para-hydroxylation sites is 1. The molecular formula is C32H31FN2O4. The van der Waals surface area contributed by atoms with Gasteiger partial charge in [0.2, 0.25) is 5.91 Å². The van der Waals surface area contributed by atoms with Crippen LogP contribution in [0.3, 0.4) is 0 Å². The summed E-state index contributed by atoms with van der Waals surface area (Å²) in [7, 11) is 1.39. The van der Waals surface area contributed by atoms with Gasteiger partial charge in [-0.25, -0.2) is 4.39 Å². The Balaban J connectivity index is 1.33. The molecule has 0 aromatic heterocycles. The Morgan fingerprint density at radius 1 is 1.08 bits per heavy atom. The largest absolute Gasteiger partial charge is 0.508 e. The number of likely N-dealkylation sites (tertiary alicyclic amines) is 1. The van der Waals surface area contributed by atoms with Gasteiger partial charge in [-0.3, -0.25) is 9.59 Å². The number of fused-ring (bicyclic) bond motifs is 2. The number of phenols is 1. The summed E-state index contributed by atoms with van der Waals surface area (Å²) in [5, 5.41) is 9.67. The summed E-state index contributed by atoms with van der Waals surface area (Å²) >= 11 is 0. The summed E-state index contributed by atoms with van der Waals surface area (Å²) in [5.41, 5.74) is 2.97. The Labute approximate surface area is 228 Å². The predicted octanol–water partition coefficient (Wildman–Crippen LogP) is 5.26. The SMILES string of the molecule is CC#C[C@@H](CC(=O)N1CC2(CCN(C(=O)c3ccc(OC)c(F)c3)CC2)c2ccccc21)c1ccc(O)cc1. The molecule has 1 atom stereocenters. The number of carbonyl (C=O) groups excluding carboxylic acids is 2. The third kappa shape index (κ3) is 5.07. The standard InChI is InChI=1S/C32H31FN2O4/c1-3-6-23(22-9-12-25(36)13-10-22)20-30(37)35-21-32(26-7-4-5-8-28(26)35)15-17-34(18-16-32)31(38)24-11-14-29(39-2)27(33)19-24/h4-5,7-14,19,23,36H,15-18,20-21H2,1-2H3/t23-/m0/s1. The van der Waals surface area contributed by atoms with Gasteiger partial charge in [-0.1, -0.05) is 36.3 Å². The van der Waals surface area contributed by atoms with Crippen LogP contribution in [0.5, 0.6) is 11.5 Å². The third-order valence-corrected chi connectivity index (χ3v) is 7.93. The highest BCUT2D eigenvalue weighted by molar-refractivity contribution is 5.97. The van der Waals surface area contributed by atoms with Crippen LogP contribution in [0.25, 0.3) is 0 Å². The lowest BCUT2D eigenvalue weighted by atomic mass is 9.74. The number of hydrogen-bond acceptors (Lipinski definition) is 4. The first kappa shape index (κ1) is 26.3. The summed E-state index contributed by atoms with van der Waals surface area (Å²) in [6.07, 6.45) is 1.63. The van der Waals surface area contributed by atoms with Crippen molar-refractivity contribution in [1.29, 1.82) is 0 Å². The Kier molecular flexibility index (Phi) is 7.30. The van der Waals surface area contributed by atoms with E-state index in [1.165, 1.54) is 19.2 Å². The Morgan fingerprint density at radius 2 is 1.79 bits per heavy atom. The molecule has 7 heteroatoms. The zero-order valence-corrected chi connectivity index (χ0v) is 22.1. The smallest absolute Gasteiger partial charge is 0.253 e. The molecule has 1 N–H and O–H groups in total. The van der Waals surface area contributed by atoms with Gasteiger partial charge < -0.3 is 19.6 Å². The first-order valence-electron chi connectivity index (χ1n) is 13.1. The molecule has 2 aliphatic rings. The molecule has 0 saturated carbocycles. The van der Waals surface area contributed by atoms with E-state index in [-0.39, 0.29) is 41.1 Å². The molecule has 3 aromatic carbocycles. The maximum atomic E-state index is 14.2. The van der Waals surface area contributed by atoms with Gasteiger partial charge in [0, 0.05) is 42.7 Å². The van der Waals surface area contributed by atoms with Gasteiger partial charge in [0.1, 0.15) is 5.75 Å². The van der Waals surface area contributed by atoms with E-state index in [9.17, 15) is 19.1 Å². The van der Waals surface area contributed by atoms with Crippen molar-refractivity contribution >= 4 is 17.5 Å². The maximum Gasteiger partial charge on any atom is 0.253 e. The minimum atomic E-state index is -0.561. The van der Waals surface area contributed by atoms with Crippen molar-refractivity contribution in [3.8, 4) is 23.3 Å². The molecule has 39 heavy (non-hydrogen) atoms. The fraction of sp³-hybridized carbons (Fsp3) is 0.312. The van der Waals surface area contributed by atoms with E-state index in [1.807, 2.05) is 23.1 Å². The number of aromatic hydroxyl groups is 1. The van der Waals surface area contributed by atoms with Gasteiger partial charge in [-0.15, -0.1) is 5.92 Å². The highest BCUT2D eigenvalue weighted by Crippen LogP contribution is 2.47. The van der Waals surface area contributed by atoms with Crippen LogP contribution in [0.2, 0.25) is 0 Å². The minimum Gasteiger partial charge on any atom is -0.508 e. The van der Waals surface area contributed by atoms with Gasteiger partial charge in [-0.2, -0.15) is 0 Å². The van der Waals surface area contributed by atoms with Crippen LogP contribution in [0.4, 0.5) is 10.1 Å². The van der Waals surface area contributed by atoms with Gasteiger partial charge >= 0.3 is 0 Å². The number of amides is 2. The summed E-state index contributed by atoms with van der Waals surface area (Å²) in [6.45, 7) is 3.33. The second kappa shape index (κ2) is 10.8. The molecule has 1 spiro atoms. The first-order valence-corrected chi connectivity index (χ1v) is 13.1. The van der Waals surface area contributed by atoms with Crippen molar-refractivity contribution in [1.82, 2.24) is 4.90 Å². The predicted molar refractivity (Wildman–Crippen MR) is 147 cm³/mol. The third-order valence-electron chi connectivity index (χ3n) is 7.93. The Hall–Kier alpha value is -4.31. The van der Waals surface area contributed by atoms with Crippen LogP contribution in [0.15, 0.2) is 66.7 Å². The minimum absolute atomic E-state index is 0.00707. The number of carbonyl (C=O) groups is 2. The van der Waals surface area contributed by atoms with E-state index >= 15 is 0 Å². The van der Waals surface area contributed by atoms with E-state index in [0.29, 0.717) is 38.0 Å². The molecule has 0 aliphatic carbocycles. The molecule has 2 heterocycles. The highest BCUT2D eigenvalue weighted by Gasteiger charge is 2.46. The lowest BCUT2D eigenvalue weighted by Gasteiger charge is -2.40. The number of methoxy groups -OCH3 is 1. The Morgan fingerprint density at radius 3 is 2.46 bits per heavy atom. The van der Waals surface area contributed by atoms with E-state index in [1.54, 1.807) is 42.2 Å². The van der Waals surface area contributed by atoms with E-state index in [2.05, 4.69) is 17.9 Å². The van der Waals surface area contributed by atoms with Crippen LogP contribution in [-0.4, -0.2) is 48.6 Å². The van der Waals surface area contributed by atoms with Gasteiger partial charge in [0.05, 0.1) is 13.0 Å². The number of phenolic OH excluding ortho intramolecular Hbond substituents is 1. The summed E-state index contributed by atoms with van der Waals surface area (Å²) in [4.78, 5) is 30.5. The number of piperidine rings is 1. The number of hydrogen-bond donors (Lipinski definition) is 1. The number of halogens is 1. The Bertz CT molecular complexity index is 1450. The molecule has 1 saturated heterocycles. The number of nitrogens with zero attached hydrogens (tertiary/aromatic N) is 2. The van der Waals surface area contributed by atoms with Gasteiger partial charge in [0.15, 0.2) is 11.6 Å². The lowest BCUT2D eigenvalue weighted by Crippen LogP contribution is -2.48. The van der Waals surface area contributed by atoms with Crippen molar-refractivity contribution in [2.75, 3.05) is 31.6 Å². The summed E-state index contributed by atoms with van der Waals surface area (Å²) in [5.74, 6) is 5.32. The van der Waals surface area contributed by atoms with E-state index < -0.39 is 5.82 Å². The fourth-order valence-electron chi connectivity index (χ4n) is 5.82. The summed E-state index contributed by atoms with van der Waals surface area (Å²) in [6, 6.07) is 19.1. The van der Waals surface area contributed by atoms with Crippen LogP contribution < -0.4 is 9.64 Å². The molecule has 0 unspecified atom stereocenters. The van der Waals surface area contributed by atoms with Crippen molar-refractivity contribution in [2.45, 2.75) is 37.5 Å². The first-order chi connectivity index (χ1) is 18.8. The monoisotopic (exact) mass is 526 g/mol. The maximum absolute atomic E-state index is 14.2. The second-order valence-electron chi connectivity index (χ2n) is 10.2. The molecule has 0 radical (unpaired) electrons. The van der Waals surface area contributed by atoms with E-state index in [0.717, 1.165) is 16.8 Å². The lowest BCUT2D eigenvalue weighted by molar-refractivity contribution is -0.118. The number of rotatable bonds is 5. The number of ether oxygens (including phenoxy) is 1. The van der Waals surface area contributed by atoms with Crippen LogP contribution >= 0.6 is 0 Å². The molecule has 5 rings (SSSR count). The summed E-state index contributed by atoms with van der Waals surface area (Å²) < 4.78 is 19.2. The molecule has 2 amide bonds. The van der Waals surface area contributed by atoms with Crippen molar-refractivity contribution in [2.24, 2.45) is 0 Å².